The third-order valence-electron chi connectivity index (χ3n) is 5.09. The van der Waals surface area contributed by atoms with Gasteiger partial charge in [0.05, 0.1) is 13.2 Å². The minimum Gasteiger partial charge on any atom is -0.469 e. The predicted octanol–water partition coefficient (Wildman–Crippen LogP) is 5.35. The molecule has 1 unspecified atom stereocenters. The number of ketones is 1. The number of ether oxygens (including phenoxy) is 3. The van der Waals surface area contributed by atoms with Gasteiger partial charge in [0.15, 0.2) is 12.4 Å². The number of hydrogen-bond donors (Lipinski definition) is 0. The summed E-state index contributed by atoms with van der Waals surface area (Å²) in [5, 5.41) is 0. The Morgan fingerprint density at radius 1 is 0.938 bits per heavy atom. The first kappa shape index (κ1) is 23.4. The molecule has 0 aliphatic carbocycles. The molecule has 0 aliphatic rings. The van der Waals surface area contributed by atoms with E-state index in [4.69, 9.17) is 14.2 Å². The average molecular weight is 432 g/mol. The van der Waals surface area contributed by atoms with E-state index in [2.05, 4.69) is 24.0 Å². The second-order valence-corrected chi connectivity index (χ2v) is 7.56. The molecule has 3 rings (SSSR count). The fourth-order valence-electron chi connectivity index (χ4n) is 3.31. The van der Waals surface area contributed by atoms with Crippen LogP contribution in [0.1, 0.15) is 29.5 Å². The van der Waals surface area contributed by atoms with Crippen LogP contribution in [0.15, 0.2) is 79.0 Å². The Bertz CT molecular complexity index is 1030. The zero-order valence-corrected chi connectivity index (χ0v) is 18.8. The van der Waals surface area contributed by atoms with Crippen LogP contribution in [0.4, 0.5) is 0 Å². The Labute approximate surface area is 189 Å². The highest BCUT2D eigenvalue weighted by molar-refractivity contribution is 5.91. The number of pyridine rings is 1. The SMILES string of the molecule is COCc1ccc(-c2cccnc2OCC(=O)/C=C\C(C)c2ccc(COC)cc2)cc1. The molecule has 0 spiro atoms. The van der Waals surface area contributed by atoms with Crippen LogP contribution < -0.4 is 4.74 Å². The van der Waals surface area contributed by atoms with Gasteiger partial charge < -0.3 is 14.2 Å². The molecule has 1 heterocycles. The van der Waals surface area contributed by atoms with Crippen molar-refractivity contribution in [1.29, 1.82) is 0 Å². The van der Waals surface area contributed by atoms with Gasteiger partial charge in [0.1, 0.15) is 0 Å². The smallest absolute Gasteiger partial charge is 0.221 e. The molecule has 0 N–H and O–H groups in total. The van der Waals surface area contributed by atoms with Gasteiger partial charge in [-0.3, -0.25) is 4.79 Å². The summed E-state index contributed by atoms with van der Waals surface area (Å²) in [7, 11) is 3.35. The van der Waals surface area contributed by atoms with Crippen LogP contribution in [-0.2, 0) is 27.5 Å². The summed E-state index contributed by atoms with van der Waals surface area (Å²) in [4.78, 5) is 16.7. The van der Waals surface area contributed by atoms with E-state index in [-0.39, 0.29) is 18.3 Å². The van der Waals surface area contributed by atoms with Gasteiger partial charge in [0, 0.05) is 26.0 Å². The minimum atomic E-state index is -0.111. The summed E-state index contributed by atoms with van der Waals surface area (Å²) in [5.41, 5.74) is 5.17. The van der Waals surface area contributed by atoms with Crippen LogP contribution in [0.2, 0.25) is 0 Å². The van der Waals surface area contributed by atoms with Crippen molar-refractivity contribution in [2.75, 3.05) is 20.8 Å². The Morgan fingerprint density at radius 3 is 2.19 bits per heavy atom. The molecule has 166 valence electrons. The molecule has 0 saturated heterocycles. The van der Waals surface area contributed by atoms with Gasteiger partial charge in [-0.1, -0.05) is 61.5 Å². The van der Waals surface area contributed by atoms with Gasteiger partial charge in [0.25, 0.3) is 0 Å². The van der Waals surface area contributed by atoms with Crippen LogP contribution in [0, 0.1) is 0 Å². The number of nitrogens with zero attached hydrogens (tertiary/aromatic N) is 1. The van der Waals surface area contributed by atoms with Crippen molar-refractivity contribution in [2.24, 2.45) is 0 Å². The van der Waals surface area contributed by atoms with Crippen molar-refractivity contribution in [2.45, 2.75) is 26.1 Å². The highest BCUT2D eigenvalue weighted by Crippen LogP contribution is 2.28. The molecule has 5 heteroatoms. The lowest BCUT2D eigenvalue weighted by atomic mass is 9.99. The summed E-state index contributed by atoms with van der Waals surface area (Å²) in [5.74, 6) is 0.446. The van der Waals surface area contributed by atoms with Crippen LogP contribution in [0.25, 0.3) is 11.1 Å². The van der Waals surface area contributed by atoms with E-state index in [1.165, 1.54) is 0 Å². The molecule has 0 fully saturated rings. The van der Waals surface area contributed by atoms with Crippen LogP contribution in [0.3, 0.4) is 0 Å². The average Bonchev–Trinajstić information content (AvgIpc) is 2.83. The molecule has 0 radical (unpaired) electrons. The number of rotatable bonds is 11. The van der Waals surface area contributed by atoms with Gasteiger partial charge in [-0.2, -0.15) is 0 Å². The van der Waals surface area contributed by atoms with Gasteiger partial charge in [-0.25, -0.2) is 4.98 Å². The normalized spacial score (nSPS) is 12.1. The topological polar surface area (TPSA) is 57.7 Å². The third-order valence-corrected chi connectivity index (χ3v) is 5.09. The second-order valence-electron chi connectivity index (χ2n) is 7.56. The zero-order valence-electron chi connectivity index (χ0n) is 18.8. The summed E-state index contributed by atoms with van der Waals surface area (Å²) in [6, 6.07) is 20.0. The first-order chi connectivity index (χ1) is 15.6. The van der Waals surface area contributed by atoms with E-state index >= 15 is 0 Å². The molecule has 32 heavy (non-hydrogen) atoms. The molecule has 1 aromatic heterocycles. The van der Waals surface area contributed by atoms with Crippen molar-refractivity contribution >= 4 is 5.78 Å². The summed E-state index contributed by atoms with van der Waals surface area (Å²) < 4.78 is 16.1. The molecule has 1 atom stereocenters. The monoisotopic (exact) mass is 431 g/mol. The molecular weight excluding hydrogens is 402 g/mol. The quantitative estimate of drug-likeness (QED) is 0.383. The van der Waals surface area contributed by atoms with Crippen molar-refractivity contribution in [3.05, 3.63) is 95.7 Å². The van der Waals surface area contributed by atoms with Crippen molar-refractivity contribution in [3.63, 3.8) is 0 Å². The van der Waals surface area contributed by atoms with E-state index in [9.17, 15) is 4.79 Å². The van der Waals surface area contributed by atoms with Gasteiger partial charge in [-0.15, -0.1) is 0 Å². The zero-order chi connectivity index (χ0) is 22.8. The van der Waals surface area contributed by atoms with E-state index in [1.54, 1.807) is 26.5 Å². The van der Waals surface area contributed by atoms with E-state index in [0.29, 0.717) is 19.1 Å². The highest BCUT2D eigenvalue weighted by Gasteiger charge is 2.10. The number of methoxy groups -OCH3 is 2. The second kappa shape index (κ2) is 11.9. The number of aromatic nitrogens is 1. The molecule has 0 amide bonds. The van der Waals surface area contributed by atoms with Gasteiger partial charge in [0.2, 0.25) is 5.88 Å². The predicted molar refractivity (Wildman–Crippen MR) is 126 cm³/mol. The van der Waals surface area contributed by atoms with Crippen molar-refractivity contribution in [3.8, 4) is 17.0 Å². The fourth-order valence-corrected chi connectivity index (χ4v) is 3.31. The Hall–Kier alpha value is -3.28. The summed E-state index contributed by atoms with van der Waals surface area (Å²) in [6.07, 6.45) is 5.13. The number of carbonyl (C=O) groups is 1. The van der Waals surface area contributed by atoms with Crippen LogP contribution in [-0.4, -0.2) is 31.6 Å². The molecule has 0 aliphatic heterocycles. The molecule has 0 saturated carbocycles. The number of allylic oxidation sites excluding steroid dienone is 1. The molecule has 5 nitrogen and oxygen atoms in total. The van der Waals surface area contributed by atoms with E-state index in [1.807, 2.05) is 54.6 Å². The number of carbonyl (C=O) groups excluding carboxylic acids is 1. The van der Waals surface area contributed by atoms with Gasteiger partial charge in [-0.05, 0) is 46.4 Å². The van der Waals surface area contributed by atoms with Crippen molar-refractivity contribution in [1.82, 2.24) is 4.98 Å². The lowest BCUT2D eigenvalue weighted by Gasteiger charge is -2.10. The Kier molecular flexibility index (Phi) is 8.72. The van der Waals surface area contributed by atoms with Crippen LogP contribution >= 0.6 is 0 Å². The summed E-state index contributed by atoms with van der Waals surface area (Å²) in [6.45, 7) is 3.14. The maximum atomic E-state index is 12.4. The first-order valence-corrected chi connectivity index (χ1v) is 10.6. The van der Waals surface area contributed by atoms with Crippen molar-refractivity contribution < 1.29 is 19.0 Å². The molecule has 0 bridgehead atoms. The van der Waals surface area contributed by atoms with Gasteiger partial charge >= 0.3 is 0 Å². The Balaban J connectivity index is 1.60. The highest BCUT2D eigenvalue weighted by atomic mass is 16.5. The Morgan fingerprint density at radius 2 is 1.56 bits per heavy atom. The summed E-state index contributed by atoms with van der Waals surface area (Å²) >= 11 is 0. The lowest BCUT2D eigenvalue weighted by Crippen LogP contribution is -2.10. The number of hydrogen-bond acceptors (Lipinski definition) is 5. The fraction of sp³-hybridized carbons (Fsp3) is 0.259. The first-order valence-electron chi connectivity index (χ1n) is 10.6. The molecule has 2 aromatic carbocycles. The lowest BCUT2D eigenvalue weighted by molar-refractivity contribution is -0.116. The van der Waals surface area contributed by atoms with E-state index in [0.717, 1.165) is 27.8 Å². The third kappa shape index (κ3) is 6.61. The number of benzene rings is 2. The largest absolute Gasteiger partial charge is 0.469 e. The molecular formula is C27H29NO4. The standard InChI is InChI=1S/C27H29NO4/c1-20(23-11-7-21(8-12-23)17-30-2)6-15-25(29)19-32-27-26(5-4-16-28-27)24-13-9-22(10-14-24)18-31-3/h4-16,20H,17-19H2,1-3H3/b15-6-. The van der Waals surface area contributed by atoms with E-state index < -0.39 is 0 Å². The maximum Gasteiger partial charge on any atom is 0.221 e. The minimum absolute atomic E-state index is 0.0677. The van der Waals surface area contributed by atoms with Crippen LogP contribution in [0.5, 0.6) is 5.88 Å². The maximum absolute atomic E-state index is 12.4. The molecule has 3 aromatic rings.